The molecule has 0 aliphatic heterocycles. The van der Waals surface area contributed by atoms with E-state index in [1.807, 2.05) is 6.08 Å². The van der Waals surface area contributed by atoms with Crippen molar-refractivity contribution in [1.29, 1.82) is 0 Å². The van der Waals surface area contributed by atoms with E-state index in [0.29, 0.717) is 35.7 Å². The van der Waals surface area contributed by atoms with Crippen LogP contribution in [0.4, 0.5) is 0 Å². The van der Waals surface area contributed by atoms with Gasteiger partial charge in [0.2, 0.25) is 5.76 Å². The minimum Gasteiger partial charge on any atom is -0.457 e. The fraction of sp³-hybridized carbons (Fsp3) is 0.667. The second kappa shape index (κ2) is 6.33. The summed E-state index contributed by atoms with van der Waals surface area (Å²) in [6.45, 7) is 4.76. The molecule has 3 saturated carbocycles. The topological polar surface area (TPSA) is 56.5 Å². The molecule has 0 aromatic carbocycles. The summed E-state index contributed by atoms with van der Waals surface area (Å²) in [5, 5.41) is 0. The lowest BCUT2D eigenvalue weighted by molar-refractivity contribution is -0.118. The smallest absolute Gasteiger partial charge is 0.374 e. The van der Waals surface area contributed by atoms with Crippen LogP contribution in [0, 0.1) is 28.6 Å². The van der Waals surface area contributed by atoms with E-state index in [-0.39, 0.29) is 22.9 Å². The van der Waals surface area contributed by atoms with Crippen LogP contribution in [-0.2, 0) is 9.53 Å². The van der Waals surface area contributed by atoms with Gasteiger partial charge in [0.1, 0.15) is 6.10 Å². The Balaban J connectivity index is 1.38. The van der Waals surface area contributed by atoms with Crippen LogP contribution in [0.1, 0.15) is 75.8 Å². The number of carbonyl (C=O) groups is 2. The second-order valence-electron chi connectivity index (χ2n) is 9.96. The Hall–Kier alpha value is -1.84. The van der Waals surface area contributed by atoms with Crippen molar-refractivity contribution in [2.45, 2.75) is 71.3 Å². The van der Waals surface area contributed by atoms with E-state index >= 15 is 0 Å². The van der Waals surface area contributed by atoms with Gasteiger partial charge in [-0.05, 0) is 86.3 Å². The molecule has 0 saturated heterocycles. The highest BCUT2D eigenvalue weighted by Gasteiger charge is 2.60. The number of ketones is 1. The number of furan rings is 1. The van der Waals surface area contributed by atoms with Gasteiger partial charge in [0.15, 0.2) is 5.78 Å². The third kappa shape index (κ3) is 2.56. The second-order valence-corrected chi connectivity index (χ2v) is 9.96. The molecule has 1 aromatic heterocycles. The maximum Gasteiger partial charge on any atom is 0.374 e. The van der Waals surface area contributed by atoms with Gasteiger partial charge < -0.3 is 9.15 Å². The first-order chi connectivity index (χ1) is 13.4. The monoisotopic (exact) mass is 382 g/mol. The predicted octanol–water partition coefficient (Wildman–Crippen LogP) is 5.34. The Labute approximate surface area is 166 Å². The minimum absolute atomic E-state index is 0.0197. The van der Waals surface area contributed by atoms with E-state index in [9.17, 15) is 9.59 Å². The van der Waals surface area contributed by atoms with Gasteiger partial charge in [-0.2, -0.15) is 0 Å². The fourth-order valence-corrected chi connectivity index (χ4v) is 7.29. The molecule has 6 atom stereocenters. The predicted molar refractivity (Wildman–Crippen MR) is 105 cm³/mol. The molecule has 0 unspecified atom stereocenters. The quantitative estimate of drug-likeness (QED) is 0.648. The average molecular weight is 383 g/mol. The van der Waals surface area contributed by atoms with Crippen LogP contribution in [0.15, 0.2) is 34.5 Å². The Morgan fingerprint density at radius 3 is 2.75 bits per heavy atom. The summed E-state index contributed by atoms with van der Waals surface area (Å²) in [5.74, 6) is 2.24. The van der Waals surface area contributed by atoms with Crippen LogP contribution in [-0.4, -0.2) is 17.9 Å². The van der Waals surface area contributed by atoms with Crippen molar-refractivity contribution < 1.29 is 18.7 Å². The van der Waals surface area contributed by atoms with Crippen LogP contribution >= 0.6 is 0 Å². The molecule has 4 aliphatic rings. The Morgan fingerprint density at radius 1 is 1.11 bits per heavy atom. The lowest BCUT2D eigenvalue weighted by Crippen LogP contribution is -2.51. The maximum absolute atomic E-state index is 12.5. The Kier molecular flexibility index (Phi) is 4.12. The molecule has 1 heterocycles. The van der Waals surface area contributed by atoms with Gasteiger partial charge in [-0.1, -0.05) is 19.4 Å². The minimum atomic E-state index is -0.328. The van der Waals surface area contributed by atoms with Gasteiger partial charge in [-0.15, -0.1) is 0 Å². The molecule has 0 radical (unpaired) electrons. The molecular weight excluding hydrogens is 352 g/mol. The summed E-state index contributed by atoms with van der Waals surface area (Å²) in [5.41, 5.74) is 1.67. The molecule has 0 amide bonds. The van der Waals surface area contributed by atoms with Gasteiger partial charge in [-0.3, -0.25) is 4.79 Å². The molecule has 0 bridgehead atoms. The summed E-state index contributed by atoms with van der Waals surface area (Å²) < 4.78 is 11.2. The molecular formula is C24H30O4. The first-order valence-electron chi connectivity index (χ1n) is 10.9. The van der Waals surface area contributed by atoms with Crippen molar-refractivity contribution in [3.63, 3.8) is 0 Å². The highest BCUT2D eigenvalue weighted by atomic mass is 16.6. The van der Waals surface area contributed by atoms with E-state index in [1.54, 1.807) is 12.1 Å². The fourth-order valence-electron chi connectivity index (χ4n) is 7.29. The molecule has 28 heavy (non-hydrogen) atoms. The number of ether oxygens (including phenoxy) is 1. The van der Waals surface area contributed by atoms with E-state index in [2.05, 4.69) is 13.8 Å². The molecule has 0 N–H and O–H groups in total. The number of hydrogen-bond acceptors (Lipinski definition) is 4. The molecule has 0 spiro atoms. The highest BCUT2D eigenvalue weighted by Crippen LogP contribution is 2.65. The van der Waals surface area contributed by atoms with Crippen LogP contribution in [0.3, 0.4) is 0 Å². The van der Waals surface area contributed by atoms with Crippen molar-refractivity contribution in [3.8, 4) is 0 Å². The third-order valence-corrected chi connectivity index (χ3v) is 8.85. The van der Waals surface area contributed by atoms with E-state index in [0.717, 1.165) is 32.1 Å². The van der Waals surface area contributed by atoms with Crippen molar-refractivity contribution in [1.82, 2.24) is 0 Å². The number of esters is 1. The number of carbonyl (C=O) groups excluding carboxylic acids is 2. The third-order valence-electron chi connectivity index (χ3n) is 8.85. The first-order valence-corrected chi connectivity index (χ1v) is 10.9. The Bertz CT molecular complexity index is 822. The molecule has 3 fully saturated rings. The Morgan fingerprint density at radius 2 is 1.96 bits per heavy atom. The van der Waals surface area contributed by atoms with Gasteiger partial charge >= 0.3 is 5.97 Å². The SMILES string of the molecule is C[C@]12CC[C@H]3[C@@H](CCC4=CC(=O)CC[C@@]43C)[C@@H]1CC[C@@H]2OC(=O)c1ccco1. The van der Waals surface area contributed by atoms with Crippen molar-refractivity contribution in [3.05, 3.63) is 35.8 Å². The largest absolute Gasteiger partial charge is 0.457 e. The zero-order chi connectivity index (χ0) is 19.5. The standard InChI is InChI=1S/C24H30O4/c1-23-11-9-16(25)14-15(23)5-6-17-18-7-8-21(24(18,2)12-10-19(17)23)28-22(26)20-4-3-13-27-20/h3-4,13-14,17-19,21H,5-12H2,1-2H3/t17-,18-,19-,21-,23-,24-/m0/s1. The maximum atomic E-state index is 12.5. The van der Waals surface area contributed by atoms with Gasteiger partial charge in [0, 0.05) is 11.8 Å². The number of fused-ring (bicyclic) bond motifs is 5. The van der Waals surface area contributed by atoms with Gasteiger partial charge in [0.05, 0.1) is 6.26 Å². The van der Waals surface area contributed by atoms with Crippen molar-refractivity contribution in [2.24, 2.45) is 28.6 Å². The van der Waals surface area contributed by atoms with Crippen molar-refractivity contribution in [2.75, 3.05) is 0 Å². The summed E-state index contributed by atoms with van der Waals surface area (Å²) in [4.78, 5) is 24.4. The summed E-state index contributed by atoms with van der Waals surface area (Å²) in [6, 6.07) is 3.40. The van der Waals surface area contributed by atoms with Crippen LogP contribution < -0.4 is 0 Å². The van der Waals surface area contributed by atoms with Crippen molar-refractivity contribution >= 4 is 11.8 Å². The molecule has 5 rings (SSSR count). The van der Waals surface area contributed by atoms with Crippen LogP contribution in [0.5, 0.6) is 0 Å². The van der Waals surface area contributed by atoms with Gasteiger partial charge in [-0.25, -0.2) is 4.79 Å². The van der Waals surface area contributed by atoms with E-state index < -0.39 is 0 Å². The average Bonchev–Trinajstić information content (AvgIpc) is 3.31. The first kappa shape index (κ1) is 18.2. The van der Waals surface area contributed by atoms with E-state index in [1.165, 1.54) is 24.7 Å². The zero-order valence-electron chi connectivity index (χ0n) is 16.9. The number of allylic oxidation sites excluding steroid dienone is 1. The highest BCUT2D eigenvalue weighted by molar-refractivity contribution is 5.91. The molecule has 1 aromatic rings. The van der Waals surface area contributed by atoms with Gasteiger partial charge in [0.25, 0.3) is 0 Å². The molecule has 4 heteroatoms. The lowest BCUT2D eigenvalue weighted by atomic mass is 9.47. The molecule has 150 valence electrons. The summed E-state index contributed by atoms with van der Waals surface area (Å²) >= 11 is 0. The lowest BCUT2D eigenvalue weighted by Gasteiger charge is -2.57. The molecule has 4 aliphatic carbocycles. The van der Waals surface area contributed by atoms with Crippen LogP contribution in [0.2, 0.25) is 0 Å². The molecule has 4 nitrogen and oxygen atoms in total. The normalized spacial score (nSPS) is 42.2. The zero-order valence-corrected chi connectivity index (χ0v) is 16.9. The summed E-state index contributed by atoms with van der Waals surface area (Å²) in [7, 11) is 0. The van der Waals surface area contributed by atoms with Crippen LogP contribution in [0.25, 0.3) is 0 Å². The van der Waals surface area contributed by atoms with E-state index in [4.69, 9.17) is 9.15 Å². The number of rotatable bonds is 2. The number of hydrogen-bond donors (Lipinski definition) is 0. The summed E-state index contributed by atoms with van der Waals surface area (Å²) in [6.07, 6.45) is 11.8.